The second-order valence-electron chi connectivity index (χ2n) is 8.86. The van der Waals surface area contributed by atoms with Crippen molar-refractivity contribution >= 4 is 17.8 Å². The Labute approximate surface area is 162 Å². The zero-order valence-corrected chi connectivity index (χ0v) is 17.7. The molecule has 1 saturated heterocycles. The fourth-order valence-corrected chi connectivity index (χ4v) is 3.26. The number of nitrogens with one attached hydrogen (secondary N) is 1. The molecule has 2 amide bonds. The number of hydrogen-bond donors (Lipinski definition) is 2. The molecular formula is C20H35N3O4. The van der Waals surface area contributed by atoms with Gasteiger partial charge in [-0.25, -0.2) is 4.79 Å². The van der Waals surface area contributed by atoms with Crippen molar-refractivity contribution in [1.29, 1.82) is 0 Å². The highest BCUT2D eigenvalue weighted by Crippen LogP contribution is 2.24. The molecule has 27 heavy (non-hydrogen) atoms. The first-order valence-electron chi connectivity index (χ1n) is 9.50. The van der Waals surface area contributed by atoms with Crippen molar-refractivity contribution in [3.05, 3.63) is 11.6 Å². The summed E-state index contributed by atoms with van der Waals surface area (Å²) in [6.45, 7) is 10.4. The van der Waals surface area contributed by atoms with Gasteiger partial charge in [-0.2, -0.15) is 0 Å². The van der Waals surface area contributed by atoms with Crippen LogP contribution in [0.4, 0.5) is 0 Å². The van der Waals surface area contributed by atoms with Gasteiger partial charge in [0.05, 0.1) is 6.04 Å². The fourth-order valence-electron chi connectivity index (χ4n) is 3.26. The average Bonchev–Trinajstić information content (AvgIpc) is 2.55. The van der Waals surface area contributed by atoms with Crippen molar-refractivity contribution in [2.45, 2.75) is 59.5 Å². The summed E-state index contributed by atoms with van der Waals surface area (Å²) in [5.41, 5.74) is -0.281. The quantitative estimate of drug-likeness (QED) is 0.684. The number of likely N-dealkylation sites (N-methyl/N-ethyl adjacent to an activating group) is 2. The maximum absolute atomic E-state index is 12.9. The number of rotatable bonds is 6. The van der Waals surface area contributed by atoms with Gasteiger partial charge in [-0.05, 0) is 38.1 Å². The summed E-state index contributed by atoms with van der Waals surface area (Å²) in [4.78, 5) is 40.2. The van der Waals surface area contributed by atoms with E-state index in [4.69, 9.17) is 5.11 Å². The predicted octanol–water partition coefficient (Wildman–Crippen LogP) is 1.74. The van der Waals surface area contributed by atoms with Gasteiger partial charge in [0.1, 0.15) is 6.04 Å². The van der Waals surface area contributed by atoms with Gasteiger partial charge in [-0.1, -0.05) is 33.8 Å². The Hall–Kier alpha value is -1.89. The standard InChI is InChI=1S/C20H35N3O4/c1-13-8-9-15(23(7)12-13)17(24)21-16(20(3,4)5)18(25)22(6)11-10-14(2)19(26)27/h10,13,15-16H,8-9,11-12H2,1-7H3,(H,21,24)(H,26,27)/b14-10+. The summed E-state index contributed by atoms with van der Waals surface area (Å²) in [6, 6.07) is -0.903. The lowest BCUT2D eigenvalue weighted by molar-refractivity contribution is -0.140. The first kappa shape index (κ1) is 23.1. The number of hydrogen-bond acceptors (Lipinski definition) is 4. The molecule has 0 aromatic carbocycles. The van der Waals surface area contributed by atoms with Crippen molar-refractivity contribution in [3.8, 4) is 0 Å². The summed E-state index contributed by atoms with van der Waals surface area (Å²) in [6.07, 6.45) is 3.28. The number of amides is 2. The molecule has 0 bridgehead atoms. The van der Waals surface area contributed by atoms with Crippen molar-refractivity contribution in [2.24, 2.45) is 11.3 Å². The minimum Gasteiger partial charge on any atom is -0.478 e. The minimum absolute atomic E-state index is 0.122. The molecule has 2 N–H and O–H groups in total. The Morgan fingerprint density at radius 1 is 1.30 bits per heavy atom. The Morgan fingerprint density at radius 3 is 2.37 bits per heavy atom. The Balaban J connectivity index is 2.86. The molecule has 3 unspecified atom stereocenters. The third-order valence-corrected chi connectivity index (χ3v) is 5.15. The molecule has 1 aliphatic heterocycles. The van der Waals surface area contributed by atoms with Crippen molar-refractivity contribution in [2.75, 3.05) is 27.2 Å². The van der Waals surface area contributed by atoms with Crippen LogP contribution in [-0.2, 0) is 14.4 Å². The van der Waals surface area contributed by atoms with Crippen molar-refractivity contribution in [3.63, 3.8) is 0 Å². The normalized spacial score (nSPS) is 22.9. The first-order chi connectivity index (χ1) is 12.3. The van der Waals surface area contributed by atoms with E-state index in [-0.39, 0.29) is 30.0 Å². The molecule has 1 heterocycles. The van der Waals surface area contributed by atoms with Crippen LogP contribution in [0.1, 0.15) is 47.5 Å². The van der Waals surface area contributed by atoms with E-state index in [0.717, 1.165) is 19.4 Å². The van der Waals surface area contributed by atoms with Gasteiger partial charge < -0.3 is 15.3 Å². The van der Waals surface area contributed by atoms with Crippen LogP contribution >= 0.6 is 0 Å². The molecule has 0 aromatic heterocycles. The molecule has 7 heteroatoms. The summed E-state index contributed by atoms with van der Waals surface area (Å²) < 4.78 is 0. The highest BCUT2D eigenvalue weighted by atomic mass is 16.4. The van der Waals surface area contributed by atoms with E-state index in [9.17, 15) is 14.4 Å². The second kappa shape index (κ2) is 9.35. The van der Waals surface area contributed by atoms with E-state index >= 15 is 0 Å². The molecule has 0 radical (unpaired) electrons. The van der Waals surface area contributed by atoms with Gasteiger partial charge >= 0.3 is 5.97 Å². The molecule has 0 aromatic rings. The fraction of sp³-hybridized carbons (Fsp3) is 0.750. The minimum atomic E-state index is -1.01. The van der Waals surface area contributed by atoms with Crippen LogP contribution < -0.4 is 5.32 Å². The Kier molecular flexibility index (Phi) is 8.02. The van der Waals surface area contributed by atoms with Gasteiger partial charge in [0, 0.05) is 25.7 Å². The number of carboxylic acids is 1. The summed E-state index contributed by atoms with van der Waals surface area (Å²) in [5.74, 6) is -0.791. The topological polar surface area (TPSA) is 90.0 Å². The third-order valence-electron chi connectivity index (χ3n) is 5.15. The molecule has 0 spiro atoms. The molecule has 1 aliphatic rings. The largest absolute Gasteiger partial charge is 0.478 e. The molecule has 0 aliphatic carbocycles. The third kappa shape index (κ3) is 6.65. The molecule has 1 rings (SSSR count). The van der Waals surface area contributed by atoms with Gasteiger partial charge in [-0.3, -0.25) is 14.5 Å². The van der Waals surface area contributed by atoms with E-state index in [2.05, 4.69) is 17.1 Å². The summed E-state index contributed by atoms with van der Waals surface area (Å²) in [7, 11) is 3.56. The number of likely N-dealkylation sites (tertiary alicyclic amines) is 1. The maximum atomic E-state index is 12.9. The smallest absolute Gasteiger partial charge is 0.331 e. The predicted molar refractivity (Wildman–Crippen MR) is 105 cm³/mol. The van der Waals surface area contributed by atoms with Crippen LogP contribution in [0.25, 0.3) is 0 Å². The van der Waals surface area contributed by atoms with Gasteiger partial charge in [0.2, 0.25) is 11.8 Å². The monoisotopic (exact) mass is 381 g/mol. The van der Waals surface area contributed by atoms with Crippen LogP contribution in [0.3, 0.4) is 0 Å². The number of nitrogens with zero attached hydrogens (tertiary/aromatic N) is 2. The molecular weight excluding hydrogens is 346 g/mol. The van der Waals surface area contributed by atoms with E-state index in [0.29, 0.717) is 5.92 Å². The Bertz CT molecular complexity index is 595. The Morgan fingerprint density at radius 2 is 1.89 bits per heavy atom. The van der Waals surface area contributed by atoms with Crippen LogP contribution in [0.2, 0.25) is 0 Å². The number of aliphatic carboxylic acids is 1. The highest BCUT2D eigenvalue weighted by Gasteiger charge is 2.37. The van der Waals surface area contributed by atoms with E-state index in [1.165, 1.54) is 17.9 Å². The first-order valence-corrected chi connectivity index (χ1v) is 9.50. The molecule has 1 fully saturated rings. The van der Waals surface area contributed by atoms with Crippen LogP contribution in [0.15, 0.2) is 11.6 Å². The van der Waals surface area contributed by atoms with Crippen LogP contribution in [0.5, 0.6) is 0 Å². The van der Waals surface area contributed by atoms with Crippen molar-refractivity contribution < 1.29 is 19.5 Å². The number of piperidine rings is 1. The second-order valence-corrected chi connectivity index (χ2v) is 8.86. The van der Waals surface area contributed by atoms with E-state index in [1.54, 1.807) is 7.05 Å². The number of carbonyl (C=O) groups excluding carboxylic acids is 2. The van der Waals surface area contributed by atoms with Crippen LogP contribution in [0, 0.1) is 11.3 Å². The molecule has 3 atom stereocenters. The van der Waals surface area contributed by atoms with Crippen LogP contribution in [-0.4, -0.2) is 72.0 Å². The lowest BCUT2D eigenvalue weighted by Crippen LogP contribution is -2.58. The highest BCUT2D eigenvalue weighted by molar-refractivity contribution is 5.90. The summed E-state index contributed by atoms with van der Waals surface area (Å²) in [5, 5.41) is 11.9. The molecule has 154 valence electrons. The number of carbonyl (C=O) groups is 3. The lowest BCUT2D eigenvalue weighted by atomic mass is 9.85. The van der Waals surface area contributed by atoms with E-state index < -0.39 is 17.4 Å². The average molecular weight is 382 g/mol. The molecule has 0 saturated carbocycles. The lowest BCUT2D eigenvalue weighted by Gasteiger charge is -2.38. The number of carboxylic acid groups (broad SMARTS) is 1. The van der Waals surface area contributed by atoms with E-state index in [1.807, 2.05) is 27.8 Å². The zero-order valence-electron chi connectivity index (χ0n) is 17.7. The van der Waals surface area contributed by atoms with Crippen molar-refractivity contribution in [1.82, 2.24) is 15.1 Å². The maximum Gasteiger partial charge on any atom is 0.331 e. The van der Waals surface area contributed by atoms with Gasteiger partial charge in [0.15, 0.2) is 0 Å². The molecule has 7 nitrogen and oxygen atoms in total. The summed E-state index contributed by atoms with van der Waals surface area (Å²) >= 11 is 0. The zero-order chi connectivity index (χ0) is 20.9. The van der Waals surface area contributed by atoms with Gasteiger partial charge in [0.25, 0.3) is 0 Å². The van der Waals surface area contributed by atoms with Gasteiger partial charge in [-0.15, -0.1) is 0 Å². The SMILES string of the molecule is C/C(=C\CN(C)C(=O)C(NC(=O)C1CCC(C)CN1C)C(C)(C)C)C(=O)O.